The number of nitrogens with one attached hydrogen (secondary N) is 1. The van der Waals surface area contributed by atoms with Gasteiger partial charge in [0, 0.05) is 16.9 Å². The minimum atomic E-state index is -0.521. The second-order valence-electron chi connectivity index (χ2n) is 5.86. The Labute approximate surface area is 167 Å². The first-order valence-electron chi connectivity index (χ1n) is 8.21. The quantitative estimate of drug-likeness (QED) is 0.590. The van der Waals surface area contributed by atoms with E-state index in [4.69, 9.17) is 16.9 Å². The monoisotopic (exact) mass is 393 g/mol. The van der Waals surface area contributed by atoms with E-state index in [1.54, 1.807) is 24.4 Å². The van der Waals surface area contributed by atoms with E-state index in [1.807, 2.05) is 49.4 Å². The van der Waals surface area contributed by atoms with Gasteiger partial charge in [0.15, 0.2) is 0 Å². The predicted octanol–water partition coefficient (Wildman–Crippen LogP) is 5.39. The molecule has 0 fully saturated rings. The third-order valence-electron chi connectivity index (χ3n) is 3.88. The molecule has 0 bridgehead atoms. The third-order valence-corrected chi connectivity index (χ3v) is 5.48. The fourth-order valence-electron chi connectivity index (χ4n) is 2.44. The van der Waals surface area contributed by atoms with E-state index in [-0.39, 0.29) is 5.91 Å². The maximum atomic E-state index is 13.0. The normalized spacial score (nSPS) is 11.4. The van der Waals surface area contributed by atoms with E-state index >= 15 is 0 Å². The molecular weight excluding hydrogens is 378 g/mol. The lowest BCUT2D eigenvalue weighted by Gasteiger charge is -2.17. The molecule has 27 heavy (non-hydrogen) atoms. The molecule has 0 spiro atoms. The summed E-state index contributed by atoms with van der Waals surface area (Å²) in [6.45, 7) is 1.91. The van der Waals surface area contributed by atoms with E-state index in [1.165, 1.54) is 11.8 Å². The summed E-state index contributed by atoms with van der Waals surface area (Å²) in [6, 6.07) is 20.3. The number of rotatable bonds is 5. The Hall–Kier alpha value is -2.81. The smallest absolute Gasteiger partial charge is 0.242 e. The van der Waals surface area contributed by atoms with Crippen molar-refractivity contribution in [2.24, 2.45) is 0 Å². The number of anilines is 1. The van der Waals surface area contributed by atoms with Crippen molar-refractivity contribution in [1.29, 1.82) is 5.26 Å². The Morgan fingerprint density at radius 3 is 2.67 bits per heavy atom. The molecule has 2 aromatic carbocycles. The standard InChI is InChI=1S/C21H16ClN3OS/c1-14-7-8-17(12-18(14)22)25-21(26)20(16-5-3-2-4-6-16)27-19-11-15(13-23)9-10-24-19/h2-12,20H,1H3,(H,25,26). The summed E-state index contributed by atoms with van der Waals surface area (Å²) in [7, 11) is 0. The maximum Gasteiger partial charge on any atom is 0.242 e. The van der Waals surface area contributed by atoms with Gasteiger partial charge in [-0.2, -0.15) is 5.26 Å². The van der Waals surface area contributed by atoms with Crippen molar-refractivity contribution >= 4 is 35.0 Å². The molecule has 3 aromatic rings. The Kier molecular flexibility index (Phi) is 6.12. The first-order chi connectivity index (χ1) is 13.1. The van der Waals surface area contributed by atoms with Crippen LogP contribution >= 0.6 is 23.4 Å². The molecule has 1 N–H and O–H groups in total. The summed E-state index contributed by atoms with van der Waals surface area (Å²) in [5.74, 6) is -0.185. The van der Waals surface area contributed by atoms with Gasteiger partial charge in [-0.3, -0.25) is 4.79 Å². The van der Waals surface area contributed by atoms with Crippen molar-refractivity contribution in [2.75, 3.05) is 5.32 Å². The second-order valence-corrected chi connectivity index (χ2v) is 7.39. The number of hydrogen-bond donors (Lipinski definition) is 1. The van der Waals surface area contributed by atoms with Gasteiger partial charge in [-0.1, -0.05) is 59.8 Å². The first-order valence-corrected chi connectivity index (χ1v) is 9.47. The van der Waals surface area contributed by atoms with E-state index in [0.29, 0.717) is 21.3 Å². The number of pyridine rings is 1. The topological polar surface area (TPSA) is 65.8 Å². The van der Waals surface area contributed by atoms with Gasteiger partial charge >= 0.3 is 0 Å². The van der Waals surface area contributed by atoms with Crippen LogP contribution in [0.25, 0.3) is 0 Å². The number of halogens is 1. The fraction of sp³-hybridized carbons (Fsp3) is 0.0952. The lowest BCUT2D eigenvalue weighted by molar-refractivity contribution is -0.115. The molecule has 0 aliphatic carbocycles. The molecule has 1 amide bonds. The number of nitriles is 1. The molecule has 1 heterocycles. The molecule has 0 radical (unpaired) electrons. The van der Waals surface area contributed by atoms with E-state index in [2.05, 4.69) is 16.4 Å². The zero-order chi connectivity index (χ0) is 19.2. The van der Waals surface area contributed by atoms with Crippen LogP contribution in [0.2, 0.25) is 5.02 Å². The molecule has 0 aliphatic rings. The molecule has 134 valence electrons. The van der Waals surface area contributed by atoms with Gasteiger partial charge in [0.25, 0.3) is 0 Å². The minimum Gasteiger partial charge on any atom is -0.325 e. The number of carbonyl (C=O) groups is 1. The number of benzene rings is 2. The van der Waals surface area contributed by atoms with Crippen LogP contribution in [0.15, 0.2) is 71.9 Å². The Morgan fingerprint density at radius 1 is 1.19 bits per heavy atom. The largest absolute Gasteiger partial charge is 0.325 e. The molecule has 4 nitrogen and oxygen atoms in total. The van der Waals surface area contributed by atoms with Crippen LogP contribution in [0.5, 0.6) is 0 Å². The van der Waals surface area contributed by atoms with E-state index < -0.39 is 5.25 Å². The zero-order valence-electron chi connectivity index (χ0n) is 14.5. The zero-order valence-corrected chi connectivity index (χ0v) is 16.1. The van der Waals surface area contributed by atoms with Crippen LogP contribution in [0.4, 0.5) is 5.69 Å². The van der Waals surface area contributed by atoms with Crippen LogP contribution in [0.3, 0.4) is 0 Å². The Morgan fingerprint density at radius 2 is 1.96 bits per heavy atom. The predicted molar refractivity (Wildman–Crippen MR) is 109 cm³/mol. The van der Waals surface area contributed by atoms with Gasteiger partial charge in [0.05, 0.1) is 16.7 Å². The number of nitrogens with zero attached hydrogens (tertiary/aromatic N) is 2. The summed E-state index contributed by atoms with van der Waals surface area (Å²) in [4.78, 5) is 17.3. The molecule has 0 saturated heterocycles. The highest BCUT2D eigenvalue weighted by molar-refractivity contribution is 8.00. The average molecular weight is 394 g/mol. The fourth-order valence-corrected chi connectivity index (χ4v) is 3.64. The first kappa shape index (κ1) is 19.0. The molecule has 1 aromatic heterocycles. The molecule has 0 saturated carbocycles. The van der Waals surface area contributed by atoms with Crippen molar-refractivity contribution in [1.82, 2.24) is 4.98 Å². The Balaban J connectivity index is 1.88. The van der Waals surface area contributed by atoms with Crippen LogP contribution in [0.1, 0.15) is 21.9 Å². The molecule has 1 atom stereocenters. The van der Waals surface area contributed by atoms with Crippen LogP contribution in [-0.4, -0.2) is 10.9 Å². The van der Waals surface area contributed by atoms with E-state index in [9.17, 15) is 4.79 Å². The highest BCUT2D eigenvalue weighted by atomic mass is 35.5. The lowest BCUT2D eigenvalue weighted by Crippen LogP contribution is -2.19. The molecular formula is C21H16ClN3OS. The molecule has 0 aliphatic heterocycles. The van der Waals surface area contributed by atoms with Gasteiger partial charge in [0.2, 0.25) is 5.91 Å². The lowest BCUT2D eigenvalue weighted by atomic mass is 10.1. The third kappa shape index (κ3) is 4.88. The summed E-state index contributed by atoms with van der Waals surface area (Å²) in [6.07, 6.45) is 1.57. The second kappa shape index (κ2) is 8.72. The van der Waals surface area contributed by atoms with Gasteiger partial charge in [-0.15, -0.1) is 0 Å². The number of hydrogen-bond acceptors (Lipinski definition) is 4. The van der Waals surface area contributed by atoms with Crippen molar-refractivity contribution in [3.8, 4) is 6.07 Å². The highest BCUT2D eigenvalue weighted by Crippen LogP contribution is 2.35. The van der Waals surface area contributed by atoms with Crippen LogP contribution in [0, 0.1) is 18.3 Å². The molecule has 1 unspecified atom stereocenters. The molecule has 6 heteroatoms. The van der Waals surface area contributed by atoms with Gasteiger partial charge in [-0.05, 0) is 42.3 Å². The van der Waals surface area contributed by atoms with Crippen LogP contribution < -0.4 is 5.32 Å². The maximum absolute atomic E-state index is 13.0. The van der Waals surface area contributed by atoms with Crippen molar-refractivity contribution in [2.45, 2.75) is 17.2 Å². The number of aromatic nitrogens is 1. The SMILES string of the molecule is Cc1ccc(NC(=O)C(Sc2cc(C#N)ccn2)c2ccccc2)cc1Cl. The summed E-state index contributed by atoms with van der Waals surface area (Å²) in [5.41, 5.74) is 2.93. The van der Waals surface area contributed by atoms with Gasteiger partial charge in [0.1, 0.15) is 5.25 Å². The number of aryl methyl sites for hydroxylation is 1. The van der Waals surface area contributed by atoms with E-state index in [0.717, 1.165) is 11.1 Å². The summed E-state index contributed by atoms with van der Waals surface area (Å²) in [5, 5.41) is 12.7. The number of carbonyl (C=O) groups excluding carboxylic acids is 1. The minimum absolute atomic E-state index is 0.185. The van der Waals surface area contributed by atoms with Gasteiger partial charge < -0.3 is 5.32 Å². The van der Waals surface area contributed by atoms with Crippen molar-refractivity contribution < 1.29 is 4.79 Å². The summed E-state index contributed by atoms with van der Waals surface area (Å²) >= 11 is 7.46. The summed E-state index contributed by atoms with van der Waals surface area (Å²) < 4.78 is 0. The molecule has 3 rings (SSSR count). The number of thioether (sulfide) groups is 1. The van der Waals surface area contributed by atoms with Gasteiger partial charge in [-0.25, -0.2) is 4.98 Å². The highest BCUT2D eigenvalue weighted by Gasteiger charge is 2.23. The van der Waals surface area contributed by atoms with Crippen molar-refractivity contribution in [3.05, 3.63) is 88.6 Å². The van der Waals surface area contributed by atoms with Crippen LogP contribution in [-0.2, 0) is 4.79 Å². The van der Waals surface area contributed by atoms with Crippen molar-refractivity contribution in [3.63, 3.8) is 0 Å². The Bertz CT molecular complexity index is 1000. The average Bonchev–Trinajstić information content (AvgIpc) is 2.69. The number of amides is 1.